The van der Waals surface area contributed by atoms with E-state index in [0.717, 1.165) is 0 Å². The summed E-state index contributed by atoms with van der Waals surface area (Å²) < 4.78 is 32.8. The minimum atomic E-state index is -3.73. The molecule has 2 rings (SSSR count). The van der Waals surface area contributed by atoms with E-state index in [4.69, 9.17) is 16.0 Å². The van der Waals surface area contributed by atoms with Crippen LogP contribution in [-0.4, -0.2) is 28.8 Å². The van der Waals surface area contributed by atoms with Gasteiger partial charge in [-0.3, -0.25) is 0 Å². The molecule has 6 nitrogen and oxygen atoms in total. The summed E-state index contributed by atoms with van der Waals surface area (Å²) in [6.45, 7) is 2.20. The predicted molar refractivity (Wildman–Crippen MR) is 70.2 cm³/mol. The van der Waals surface area contributed by atoms with Crippen LogP contribution in [0.15, 0.2) is 34.2 Å². The van der Waals surface area contributed by atoms with Gasteiger partial charge in [0, 0.05) is 13.6 Å². The maximum atomic E-state index is 12.4. The third-order valence-electron chi connectivity index (χ3n) is 2.68. The Labute approximate surface area is 116 Å². The molecule has 2 aromatic heterocycles. The Morgan fingerprint density at radius 3 is 2.74 bits per heavy atom. The fourth-order valence-electron chi connectivity index (χ4n) is 1.63. The van der Waals surface area contributed by atoms with Crippen LogP contribution in [0.25, 0.3) is 0 Å². The number of halogens is 1. The summed E-state index contributed by atoms with van der Waals surface area (Å²) in [4.78, 5) is 3.86. The topological polar surface area (TPSA) is 68.3 Å². The van der Waals surface area contributed by atoms with Crippen LogP contribution in [0.1, 0.15) is 12.7 Å². The molecule has 8 heteroatoms. The molecule has 0 N–H and O–H groups in total. The highest BCUT2D eigenvalue weighted by Gasteiger charge is 2.29. The third-order valence-corrected chi connectivity index (χ3v) is 5.10. The first kappa shape index (κ1) is 14.1. The van der Waals surface area contributed by atoms with Gasteiger partial charge in [-0.25, -0.2) is 13.4 Å². The zero-order valence-corrected chi connectivity index (χ0v) is 12.1. The Morgan fingerprint density at radius 2 is 2.26 bits per heavy atom. The van der Waals surface area contributed by atoms with Crippen LogP contribution in [0.4, 0.5) is 0 Å². The first-order chi connectivity index (χ1) is 8.96. The smallest absolute Gasteiger partial charge is 0.264 e. The van der Waals surface area contributed by atoms with Gasteiger partial charge in [0.2, 0.25) is 5.03 Å². The van der Waals surface area contributed by atoms with Crippen molar-refractivity contribution in [3.8, 4) is 0 Å². The van der Waals surface area contributed by atoms with Crippen LogP contribution >= 0.6 is 11.6 Å². The summed E-state index contributed by atoms with van der Waals surface area (Å²) in [5.41, 5.74) is 0. The zero-order valence-electron chi connectivity index (χ0n) is 10.6. The molecule has 104 valence electrons. The highest BCUT2D eigenvalue weighted by Crippen LogP contribution is 2.23. The van der Waals surface area contributed by atoms with Gasteiger partial charge in [0.15, 0.2) is 0 Å². The molecule has 0 atom stereocenters. The molecule has 0 bridgehead atoms. The zero-order chi connectivity index (χ0) is 14.0. The lowest BCUT2D eigenvalue weighted by atomic mass is 10.4. The molecule has 2 heterocycles. The Hall–Kier alpha value is -1.31. The fourth-order valence-corrected chi connectivity index (χ4v) is 3.44. The van der Waals surface area contributed by atoms with Crippen molar-refractivity contribution in [1.29, 1.82) is 0 Å². The largest absolute Gasteiger partial charge is 0.468 e. The standard InChI is InChI=1S/C11H14ClN3O3S/c1-3-15(7-9-5-4-6-18-9)19(16,17)11-10(12)14(2)8-13-11/h4-6,8H,3,7H2,1-2H3. The molecule has 0 spiro atoms. The second-order valence-electron chi connectivity index (χ2n) is 3.96. The maximum absolute atomic E-state index is 12.4. The van der Waals surface area contributed by atoms with Gasteiger partial charge in [-0.1, -0.05) is 18.5 Å². The fraction of sp³-hybridized carbons (Fsp3) is 0.364. The van der Waals surface area contributed by atoms with Gasteiger partial charge in [-0.2, -0.15) is 4.31 Å². The summed E-state index contributed by atoms with van der Waals surface area (Å²) in [6, 6.07) is 3.43. The molecular formula is C11H14ClN3O3S. The van der Waals surface area contributed by atoms with Crippen LogP contribution in [0.3, 0.4) is 0 Å². The van der Waals surface area contributed by atoms with E-state index in [-0.39, 0.29) is 16.7 Å². The lowest BCUT2D eigenvalue weighted by molar-refractivity contribution is 0.374. The summed E-state index contributed by atoms with van der Waals surface area (Å²) in [5, 5.41) is -0.0389. The van der Waals surface area contributed by atoms with Gasteiger partial charge in [-0.05, 0) is 12.1 Å². The van der Waals surface area contributed by atoms with Crippen molar-refractivity contribution >= 4 is 21.6 Å². The highest BCUT2D eigenvalue weighted by atomic mass is 35.5. The average molecular weight is 304 g/mol. The highest BCUT2D eigenvalue weighted by molar-refractivity contribution is 7.89. The molecule has 0 radical (unpaired) electrons. The molecule has 0 fully saturated rings. The van der Waals surface area contributed by atoms with Crippen molar-refractivity contribution in [3.63, 3.8) is 0 Å². The van der Waals surface area contributed by atoms with Crippen LogP contribution in [-0.2, 0) is 23.6 Å². The van der Waals surface area contributed by atoms with Crippen molar-refractivity contribution in [3.05, 3.63) is 35.6 Å². The molecule has 19 heavy (non-hydrogen) atoms. The maximum Gasteiger partial charge on any atom is 0.264 e. The van der Waals surface area contributed by atoms with E-state index in [1.165, 1.54) is 21.5 Å². The van der Waals surface area contributed by atoms with E-state index in [1.54, 1.807) is 26.1 Å². The van der Waals surface area contributed by atoms with Crippen LogP contribution in [0.2, 0.25) is 5.15 Å². The van der Waals surface area contributed by atoms with Crippen LogP contribution in [0.5, 0.6) is 0 Å². The number of imidazole rings is 1. The lowest BCUT2D eigenvalue weighted by Crippen LogP contribution is -2.30. The predicted octanol–water partition coefficient (Wildman–Crippen LogP) is 1.88. The molecule has 0 aliphatic heterocycles. The molecule has 0 aliphatic rings. The molecule has 0 aromatic carbocycles. The average Bonchev–Trinajstić information content (AvgIpc) is 2.98. The molecule has 0 saturated carbocycles. The van der Waals surface area contributed by atoms with E-state index in [1.807, 2.05) is 0 Å². The summed E-state index contributed by atoms with van der Waals surface area (Å²) in [6.07, 6.45) is 2.87. The number of nitrogens with zero attached hydrogens (tertiary/aromatic N) is 3. The van der Waals surface area contributed by atoms with Crippen molar-refractivity contribution in [2.75, 3.05) is 6.54 Å². The normalized spacial score (nSPS) is 12.2. The number of sulfonamides is 1. The molecule has 2 aromatic rings. The Balaban J connectivity index is 2.34. The summed E-state index contributed by atoms with van der Waals surface area (Å²) in [5.74, 6) is 0.567. The van der Waals surface area contributed by atoms with Gasteiger partial charge < -0.3 is 8.98 Å². The van der Waals surface area contributed by atoms with Gasteiger partial charge in [0.1, 0.15) is 10.9 Å². The SMILES string of the molecule is CCN(Cc1ccco1)S(=O)(=O)c1ncn(C)c1Cl. The molecule has 0 unspecified atom stereocenters. The lowest BCUT2D eigenvalue weighted by Gasteiger charge is -2.18. The van der Waals surface area contributed by atoms with E-state index in [0.29, 0.717) is 12.3 Å². The number of furan rings is 1. The van der Waals surface area contributed by atoms with Gasteiger partial charge >= 0.3 is 0 Å². The van der Waals surface area contributed by atoms with Crippen molar-refractivity contribution in [1.82, 2.24) is 13.9 Å². The number of aryl methyl sites for hydroxylation is 1. The van der Waals surface area contributed by atoms with Gasteiger partial charge in [0.25, 0.3) is 10.0 Å². The Kier molecular flexibility index (Phi) is 3.98. The van der Waals surface area contributed by atoms with Crippen LogP contribution in [0, 0.1) is 0 Å². The first-order valence-corrected chi connectivity index (χ1v) is 7.48. The number of hydrogen-bond acceptors (Lipinski definition) is 4. The van der Waals surface area contributed by atoms with Crippen molar-refractivity contribution in [2.45, 2.75) is 18.5 Å². The third kappa shape index (κ3) is 2.68. The van der Waals surface area contributed by atoms with Crippen molar-refractivity contribution < 1.29 is 12.8 Å². The summed E-state index contributed by atoms with van der Waals surface area (Å²) in [7, 11) is -2.09. The second-order valence-corrected chi connectivity index (χ2v) is 6.17. The second kappa shape index (κ2) is 5.36. The Morgan fingerprint density at radius 1 is 1.53 bits per heavy atom. The molecular weight excluding hydrogens is 290 g/mol. The van der Waals surface area contributed by atoms with E-state index in [9.17, 15) is 8.42 Å². The minimum Gasteiger partial charge on any atom is -0.468 e. The van der Waals surface area contributed by atoms with Crippen LogP contribution < -0.4 is 0 Å². The Bertz CT molecular complexity index is 649. The monoisotopic (exact) mass is 303 g/mol. The number of rotatable bonds is 5. The quantitative estimate of drug-likeness (QED) is 0.845. The number of aromatic nitrogens is 2. The van der Waals surface area contributed by atoms with E-state index in [2.05, 4.69) is 4.98 Å². The molecule has 0 saturated heterocycles. The van der Waals surface area contributed by atoms with E-state index < -0.39 is 10.0 Å². The van der Waals surface area contributed by atoms with Gasteiger partial charge in [-0.15, -0.1) is 0 Å². The minimum absolute atomic E-state index is 0.0953. The van der Waals surface area contributed by atoms with Crippen molar-refractivity contribution in [2.24, 2.45) is 7.05 Å². The van der Waals surface area contributed by atoms with Gasteiger partial charge in [0.05, 0.1) is 19.1 Å². The number of hydrogen-bond donors (Lipinski definition) is 0. The summed E-state index contributed by atoms with van der Waals surface area (Å²) >= 11 is 5.95. The van der Waals surface area contributed by atoms with E-state index >= 15 is 0 Å². The molecule has 0 aliphatic carbocycles. The molecule has 0 amide bonds. The first-order valence-electron chi connectivity index (χ1n) is 5.66.